The molecule has 0 spiro atoms. The van der Waals surface area contributed by atoms with Crippen LogP contribution in [0.4, 0.5) is 11.8 Å². The zero-order valence-electron chi connectivity index (χ0n) is 15.8. The number of piperidine rings is 1. The SMILES string of the molecule is COc1ccc(CCNc2nc(N3CCCCC3)c3ccccc3n2)cc1. The number of anilines is 2. The maximum absolute atomic E-state index is 5.21. The molecule has 1 aliphatic heterocycles. The molecule has 0 saturated carbocycles. The Balaban J connectivity index is 1.50. The molecule has 0 bridgehead atoms. The molecule has 0 radical (unpaired) electrons. The topological polar surface area (TPSA) is 50.3 Å². The smallest absolute Gasteiger partial charge is 0.225 e. The summed E-state index contributed by atoms with van der Waals surface area (Å²) in [6.45, 7) is 2.95. The first-order valence-corrected chi connectivity index (χ1v) is 9.72. The van der Waals surface area contributed by atoms with Crippen LogP contribution in [0.1, 0.15) is 24.8 Å². The third-order valence-corrected chi connectivity index (χ3v) is 5.09. The summed E-state index contributed by atoms with van der Waals surface area (Å²) < 4.78 is 5.21. The van der Waals surface area contributed by atoms with E-state index < -0.39 is 0 Å². The van der Waals surface area contributed by atoms with E-state index in [1.165, 1.54) is 24.8 Å². The van der Waals surface area contributed by atoms with Crippen molar-refractivity contribution in [2.24, 2.45) is 0 Å². The molecule has 1 aromatic heterocycles. The molecule has 5 nitrogen and oxygen atoms in total. The van der Waals surface area contributed by atoms with Gasteiger partial charge in [-0.05, 0) is 55.5 Å². The molecule has 0 aliphatic carbocycles. The van der Waals surface area contributed by atoms with Crippen LogP contribution in [0, 0.1) is 0 Å². The summed E-state index contributed by atoms with van der Waals surface area (Å²) >= 11 is 0. The standard InChI is InChI=1S/C22H26N4O/c1-27-18-11-9-17(10-12-18)13-14-23-22-24-20-8-4-3-7-19(20)21(25-22)26-15-5-2-6-16-26/h3-4,7-12H,2,5-6,13-16H2,1H3,(H,23,24,25). The molecular weight excluding hydrogens is 336 g/mol. The molecule has 27 heavy (non-hydrogen) atoms. The first-order chi connectivity index (χ1) is 13.3. The number of fused-ring (bicyclic) bond motifs is 1. The molecule has 2 aromatic carbocycles. The molecule has 1 aliphatic rings. The van der Waals surface area contributed by atoms with Crippen LogP contribution in [-0.2, 0) is 6.42 Å². The highest BCUT2D eigenvalue weighted by Gasteiger charge is 2.16. The van der Waals surface area contributed by atoms with Crippen molar-refractivity contribution in [2.45, 2.75) is 25.7 Å². The monoisotopic (exact) mass is 362 g/mol. The number of para-hydroxylation sites is 1. The Morgan fingerprint density at radius 2 is 1.74 bits per heavy atom. The molecule has 3 aromatic rings. The van der Waals surface area contributed by atoms with Crippen molar-refractivity contribution in [1.82, 2.24) is 9.97 Å². The second kappa shape index (κ2) is 8.25. The van der Waals surface area contributed by atoms with E-state index in [2.05, 4.69) is 40.5 Å². The zero-order valence-corrected chi connectivity index (χ0v) is 15.8. The maximum atomic E-state index is 5.21. The van der Waals surface area contributed by atoms with Crippen molar-refractivity contribution in [1.29, 1.82) is 0 Å². The van der Waals surface area contributed by atoms with Gasteiger partial charge in [-0.2, -0.15) is 4.98 Å². The third kappa shape index (κ3) is 4.13. The van der Waals surface area contributed by atoms with Crippen LogP contribution in [0.15, 0.2) is 48.5 Å². The Morgan fingerprint density at radius 3 is 2.52 bits per heavy atom. The fourth-order valence-electron chi connectivity index (χ4n) is 3.60. The summed E-state index contributed by atoms with van der Waals surface area (Å²) in [6, 6.07) is 16.5. The van der Waals surface area contributed by atoms with Crippen molar-refractivity contribution in [2.75, 3.05) is 37.0 Å². The number of aromatic nitrogens is 2. The van der Waals surface area contributed by atoms with E-state index in [0.717, 1.165) is 48.5 Å². The number of hydrogen-bond acceptors (Lipinski definition) is 5. The molecule has 1 fully saturated rings. The van der Waals surface area contributed by atoms with Crippen molar-refractivity contribution >= 4 is 22.7 Å². The Morgan fingerprint density at radius 1 is 0.963 bits per heavy atom. The zero-order chi connectivity index (χ0) is 18.5. The molecule has 0 amide bonds. The van der Waals surface area contributed by atoms with Gasteiger partial charge < -0.3 is 15.0 Å². The van der Waals surface area contributed by atoms with E-state index in [0.29, 0.717) is 5.95 Å². The van der Waals surface area contributed by atoms with Crippen LogP contribution >= 0.6 is 0 Å². The van der Waals surface area contributed by atoms with Gasteiger partial charge >= 0.3 is 0 Å². The third-order valence-electron chi connectivity index (χ3n) is 5.09. The number of nitrogens with one attached hydrogen (secondary N) is 1. The van der Waals surface area contributed by atoms with Gasteiger partial charge in [0.25, 0.3) is 0 Å². The van der Waals surface area contributed by atoms with Crippen LogP contribution in [0.25, 0.3) is 10.9 Å². The van der Waals surface area contributed by atoms with Gasteiger partial charge in [0.15, 0.2) is 0 Å². The molecule has 5 heteroatoms. The van der Waals surface area contributed by atoms with E-state index in [9.17, 15) is 0 Å². The van der Waals surface area contributed by atoms with Crippen LogP contribution in [0.5, 0.6) is 5.75 Å². The van der Waals surface area contributed by atoms with E-state index in [1.54, 1.807) is 7.11 Å². The Bertz CT molecular complexity index is 888. The average Bonchev–Trinajstić information content (AvgIpc) is 2.74. The Labute approximate surface area is 160 Å². The molecule has 140 valence electrons. The van der Waals surface area contributed by atoms with Gasteiger partial charge in [-0.25, -0.2) is 4.98 Å². The Kier molecular flexibility index (Phi) is 5.37. The van der Waals surface area contributed by atoms with Gasteiger partial charge in [-0.3, -0.25) is 0 Å². The lowest BCUT2D eigenvalue weighted by molar-refractivity contribution is 0.414. The van der Waals surface area contributed by atoms with Crippen molar-refractivity contribution < 1.29 is 4.74 Å². The predicted octanol–water partition coefficient (Wildman–Crippen LogP) is 4.28. The number of benzene rings is 2. The van der Waals surface area contributed by atoms with Crippen molar-refractivity contribution in [3.05, 3.63) is 54.1 Å². The molecule has 1 N–H and O–H groups in total. The lowest BCUT2D eigenvalue weighted by Gasteiger charge is -2.29. The summed E-state index contributed by atoms with van der Waals surface area (Å²) in [5, 5.41) is 4.55. The molecule has 0 unspecified atom stereocenters. The lowest BCUT2D eigenvalue weighted by atomic mass is 10.1. The van der Waals surface area contributed by atoms with Gasteiger partial charge in [0.05, 0.1) is 12.6 Å². The average molecular weight is 362 g/mol. The highest BCUT2D eigenvalue weighted by Crippen LogP contribution is 2.27. The van der Waals surface area contributed by atoms with Crippen molar-refractivity contribution in [3.8, 4) is 5.75 Å². The molecule has 0 atom stereocenters. The quantitative estimate of drug-likeness (QED) is 0.709. The number of nitrogens with zero attached hydrogens (tertiary/aromatic N) is 3. The van der Waals surface area contributed by atoms with E-state index in [1.807, 2.05) is 18.2 Å². The number of ether oxygens (including phenoxy) is 1. The summed E-state index contributed by atoms with van der Waals surface area (Å²) in [7, 11) is 1.69. The summed E-state index contributed by atoms with van der Waals surface area (Å²) in [4.78, 5) is 12.0. The van der Waals surface area contributed by atoms with E-state index >= 15 is 0 Å². The highest BCUT2D eigenvalue weighted by molar-refractivity contribution is 5.90. The molecule has 4 rings (SSSR count). The first-order valence-electron chi connectivity index (χ1n) is 9.72. The van der Waals surface area contributed by atoms with Gasteiger partial charge in [0, 0.05) is 25.0 Å². The lowest BCUT2D eigenvalue weighted by Crippen LogP contribution is -2.30. The Hall–Kier alpha value is -2.82. The van der Waals surface area contributed by atoms with Crippen LogP contribution in [0.3, 0.4) is 0 Å². The van der Waals surface area contributed by atoms with E-state index in [4.69, 9.17) is 14.7 Å². The minimum atomic E-state index is 0.711. The number of rotatable bonds is 6. The largest absolute Gasteiger partial charge is 0.497 e. The van der Waals surface area contributed by atoms with Crippen LogP contribution < -0.4 is 15.0 Å². The first kappa shape index (κ1) is 17.6. The van der Waals surface area contributed by atoms with Gasteiger partial charge in [-0.15, -0.1) is 0 Å². The number of methoxy groups -OCH3 is 1. The summed E-state index contributed by atoms with van der Waals surface area (Å²) in [5.74, 6) is 2.66. The van der Waals surface area contributed by atoms with Crippen molar-refractivity contribution in [3.63, 3.8) is 0 Å². The summed E-state index contributed by atoms with van der Waals surface area (Å²) in [5.41, 5.74) is 2.26. The number of hydrogen-bond donors (Lipinski definition) is 1. The van der Waals surface area contributed by atoms with Crippen LogP contribution in [-0.4, -0.2) is 36.7 Å². The van der Waals surface area contributed by atoms with Gasteiger partial charge in [0.2, 0.25) is 5.95 Å². The van der Waals surface area contributed by atoms with E-state index in [-0.39, 0.29) is 0 Å². The summed E-state index contributed by atoms with van der Waals surface area (Å²) in [6.07, 6.45) is 4.70. The normalized spacial score (nSPS) is 14.3. The predicted molar refractivity (Wildman–Crippen MR) is 111 cm³/mol. The second-order valence-electron chi connectivity index (χ2n) is 6.96. The fourth-order valence-corrected chi connectivity index (χ4v) is 3.60. The highest BCUT2D eigenvalue weighted by atomic mass is 16.5. The second-order valence-corrected chi connectivity index (χ2v) is 6.96. The van der Waals surface area contributed by atoms with Gasteiger partial charge in [0.1, 0.15) is 11.6 Å². The van der Waals surface area contributed by atoms with Crippen LogP contribution in [0.2, 0.25) is 0 Å². The maximum Gasteiger partial charge on any atom is 0.225 e. The molecule has 1 saturated heterocycles. The minimum Gasteiger partial charge on any atom is -0.497 e. The molecular formula is C22H26N4O. The molecule has 2 heterocycles. The van der Waals surface area contributed by atoms with Gasteiger partial charge in [-0.1, -0.05) is 24.3 Å². The fraction of sp³-hybridized carbons (Fsp3) is 0.364. The minimum absolute atomic E-state index is 0.711.